The highest BCUT2D eigenvalue weighted by molar-refractivity contribution is 7.07. The summed E-state index contributed by atoms with van der Waals surface area (Å²) in [6.07, 6.45) is 9.51. The maximum atomic E-state index is 11.5. The normalized spacial score (nSPS) is 10.5. The van der Waals surface area contributed by atoms with Crippen LogP contribution in [0.3, 0.4) is 0 Å². The SMILES string of the molecule is CCCCCCCCC(=O)c1cnns1. The number of nitrogens with zero attached hydrogens (tertiary/aromatic N) is 2. The van der Waals surface area contributed by atoms with Gasteiger partial charge >= 0.3 is 0 Å². The number of carbonyl (C=O) groups excluding carboxylic acids is 1. The van der Waals surface area contributed by atoms with E-state index in [1.54, 1.807) is 6.20 Å². The van der Waals surface area contributed by atoms with Crippen LogP contribution in [0.4, 0.5) is 0 Å². The second kappa shape index (κ2) is 7.51. The van der Waals surface area contributed by atoms with Crippen LogP contribution in [0.15, 0.2) is 6.20 Å². The number of carbonyl (C=O) groups is 1. The molecule has 0 saturated carbocycles. The average molecular weight is 226 g/mol. The van der Waals surface area contributed by atoms with Crippen LogP contribution in [0.2, 0.25) is 0 Å². The molecule has 84 valence electrons. The van der Waals surface area contributed by atoms with E-state index in [1.165, 1.54) is 37.2 Å². The van der Waals surface area contributed by atoms with Gasteiger partial charge in [0.25, 0.3) is 0 Å². The number of ketones is 1. The number of Topliss-reactive ketones (excluding diaryl/α,β-unsaturated/α-hetero) is 1. The lowest BCUT2D eigenvalue weighted by Crippen LogP contribution is -1.95. The Balaban J connectivity index is 2.03. The Kier molecular flexibility index (Phi) is 6.16. The van der Waals surface area contributed by atoms with E-state index >= 15 is 0 Å². The molecule has 3 nitrogen and oxygen atoms in total. The van der Waals surface area contributed by atoms with Crippen LogP contribution in [0.5, 0.6) is 0 Å². The van der Waals surface area contributed by atoms with Gasteiger partial charge in [0, 0.05) is 6.42 Å². The zero-order chi connectivity index (χ0) is 10.9. The molecule has 0 amide bonds. The van der Waals surface area contributed by atoms with Crippen LogP contribution in [0.25, 0.3) is 0 Å². The van der Waals surface area contributed by atoms with Crippen LogP contribution in [-0.4, -0.2) is 15.4 Å². The fourth-order valence-corrected chi connectivity index (χ4v) is 1.96. The predicted octanol–water partition coefficient (Wildman–Crippen LogP) is 3.47. The molecule has 0 aliphatic heterocycles. The molecule has 1 aromatic rings. The van der Waals surface area contributed by atoms with Crippen LogP contribution in [0.1, 0.15) is 61.5 Å². The molecular formula is C11H18N2OS. The van der Waals surface area contributed by atoms with Gasteiger partial charge in [0.05, 0.1) is 6.20 Å². The van der Waals surface area contributed by atoms with Crippen molar-refractivity contribution in [3.63, 3.8) is 0 Å². The highest BCUT2D eigenvalue weighted by atomic mass is 32.1. The molecule has 0 aliphatic rings. The Bertz CT molecular complexity index is 272. The van der Waals surface area contributed by atoms with Gasteiger partial charge in [-0.25, -0.2) is 0 Å². The van der Waals surface area contributed by atoms with Gasteiger partial charge in [-0.2, -0.15) is 0 Å². The van der Waals surface area contributed by atoms with Crippen molar-refractivity contribution < 1.29 is 4.79 Å². The van der Waals surface area contributed by atoms with E-state index in [-0.39, 0.29) is 5.78 Å². The van der Waals surface area contributed by atoms with Crippen molar-refractivity contribution in [2.75, 3.05) is 0 Å². The maximum Gasteiger partial charge on any atom is 0.176 e. The lowest BCUT2D eigenvalue weighted by molar-refractivity contribution is 0.0983. The number of rotatable bonds is 8. The molecule has 0 unspecified atom stereocenters. The van der Waals surface area contributed by atoms with Gasteiger partial charge in [-0.1, -0.05) is 43.5 Å². The Hall–Kier alpha value is -0.770. The fraction of sp³-hybridized carbons (Fsp3) is 0.727. The van der Waals surface area contributed by atoms with Crippen LogP contribution in [0, 0.1) is 0 Å². The zero-order valence-electron chi connectivity index (χ0n) is 9.24. The topological polar surface area (TPSA) is 42.9 Å². The predicted molar refractivity (Wildman–Crippen MR) is 62.2 cm³/mol. The molecule has 0 N–H and O–H groups in total. The first-order valence-corrected chi connectivity index (χ1v) is 6.42. The zero-order valence-corrected chi connectivity index (χ0v) is 10.1. The second-order valence-electron chi connectivity index (χ2n) is 3.72. The van der Waals surface area contributed by atoms with E-state index in [0.29, 0.717) is 11.3 Å². The molecule has 0 radical (unpaired) electrons. The Labute approximate surface area is 95.1 Å². The first-order chi connectivity index (χ1) is 7.34. The van der Waals surface area contributed by atoms with Crippen molar-refractivity contribution in [1.29, 1.82) is 0 Å². The smallest absolute Gasteiger partial charge is 0.176 e. The number of unbranched alkanes of at least 4 members (excludes halogenated alkanes) is 5. The fourth-order valence-electron chi connectivity index (χ4n) is 1.48. The third-order valence-corrected chi connectivity index (χ3v) is 3.10. The van der Waals surface area contributed by atoms with Crippen LogP contribution in [-0.2, 0) is 0 Å². The highest BCUT2D eigenvalue weighted by Crippen LogP contribution is 2.11. The minimum Gasteiger partial charge on any atom is -0.293 e. The van der Waals surface area contributed by atoms with E-state index in [2.05, 4.69) is 16.5 Å². The van der Waals surface area contributed by atoms with Crippen molar-refractivity contribution >= 4 is 17.3 Å². The highest BCUT2D eigenvalue weighted by Gasteiger charge is 2.07. The van der Waals surface area contributed by atoms with E-state index in [0.717, 1.165) is 12.8 Å². The third kappa shape index (κ3) is 5.02. The van der Waals surface area contributed by atoms with E-state index in [9.17, 15) is 4.79 Å². The van der Waals surface area contributed by atoms with Crippen molar-refractivity contribution in [3.05, 3.63) is 11.1 Å². The third-order valence-electron chi connectivity index (χ3n) is 2.39. The van der Waals surface area contributed by atoms with Gasteiger partial charge in [0.15, 0.2) is 5.78 Å². The van der Waals surface area contributed by atoms with Gasteiger partial charge in [-0.3, -0.25) is 4.79 Å². The summed E-state index contributed by atoms with van der Waals surface area (Å²) in [5, 5.41) is 3.66. The summed E-state index contributed by atoms with van der Waals surface area (Å²) >= 11 is 1.19. The van der Waals surface area contributed by atoms with Gasteiger partial charge in [-0.05, 0) is 18.0 Å². The second-order valence-corrected chi connectivity index (χ2v) is 4.51. The summed E-state index contributed by atoms with van der Waals surface area (Å²) in [6, 6.07) is 0. The summed E-state index contributed by atoms with van der Waals surface area (Å²) < 4.78 is 3.68. The first-order valence-electron chi connectivity index (χ1n) is 5.65. The molecule has 0 spiro atoms. The van der Waals surface area contributed by atoms with E-state index in [4.69, 9.17) is 0 Å². The molecule has 1 heterocycles. The molecule has 0 bridgehead atoms. The molecule has 4 heteroatoms. The van der Waals surface area contributed by atoms with Gasteiger partial charge in [-0.15, -0.1) is 5.10 Å². The Morgan fingerprint density at radius 1 is 1.27 bits per heavy atom. The summed E-state index contributed by atoms with van der Waals surface area (Å²) in [6.45, 7) is 2.21. The van der Waals surface area contributed by atoms with Crippen molar-refractivity contribution in [2.45, 2.75) is 51.9 Å². The van der Waals surface area contributed by atoms with Crippen LogP contribution < -0.4 is 0 Å². The Morgan fingerprint density at radius 2 is 2.00 bits per heavy atom. The quantitative estimate of drug-likeness (QED) is 0.503. The molecule has 15 heavy (non-hydrogen) atoms. The number of hydrogen-bond acceptors (Lipinski definition) is 4. The molecule has 1 rings (SSSR count). The molecular weight excluding hydrogens is 208 g/mol. The minimum absolute atomic E-state index is 0.195. The minimum atomic E-state index is 0.195. The summed E-state index contributed by atoms with van der Waals surface area (Å²) in [4.78, 5) is 12.2. The van der Waals surface area contributed by atoms with Gasteiger partial charge < -0.3 is 0 Å². The number of aromatic nitrogens is 2. The van der Waals surface area contributed by atoms with Gasteiger partial charge in [0.1, 0.15) is 4.88 Å². The monoisotopic (exact) mass is 226 g/mol. The van der Waals surface area contributed by atoms with E-state index < -0.39 is 0 Å². The molecule has 0 fully saturated rings. The largest absolute Gasteiger partial charge is 0.293 e. The molecule has 0 saturated heterocycles. The van der Waals surface area contributed by atoms with E-state index in [1.807, 2.05) is 0 Å². The lowest BCUT2D eigenvalue weighted by Gasteiger charge is -1.98. The standard InChI is InChI=1S/C11H18N2OS/c1-2-3-4-5-6-7-8-10(14)11-9-12-13-15-11/h9H,2-8H2,1H3. The molecule has 1 aromatic heterocycles. The van der Waals surface area contributed by atoms with Crippen LogP contribution >= 0.6 is 11.5 Å². The van der Waals surface area contributed by atoms with Crippen molar-refractivity contribution in [1.82, 2.24) is 9.59 Å². The van der Waals surface area contributed by atoms with Crippen molar-refractivity contribution in [3.8, 4) is 0 Å². The molecule has 0 atom stereocenters. The van der Waals surface area contributed by atoms with Crippen molar-refractivity contribution in [2.24, 2.45) is 0 Å². The average Bonchev–Trinajstić information content (AvgIpc) is 2.76. The Morgan fingerprint density at radius 3 is 2.67 bits per heavy atom. The summed E-state index contributed by atoms with van der Waals surface area (Å²) in [7, 11) is 0. The first kappa shape index (κ1) is 12.3. The number of hydrogen-bond donors (Lipinski definition) is 0. The lowest BCUT2D eigenvalue weighted by atomic mass is 10.1. The molecule has 0 aliphatic carbocycles. The summed E-state index contributed by atoms with van der Waals surface area (Å²) in [5.41, 5.74) is 0. The molecule has 0 aromatic carbocycles. The maximum absolute atomic E-state index is 11.5. The van der Waals surface area contributed by atoms with Gasteiger partial charge in [0.2, 0.25) is 0 Å². The summed E-state index contributed by atoms with van der Waals surface area (Å²) in [5.74, 6) is 0.195.